The number of nitrogens with zero attached hydrogens (tertiary/aromatic N) is 1. The van der Waals surface area contributed by atoms with E-state index in [0.717, 1.165) is 16.6 Å². The van der Waals surface area contributed by atoms with Gasteiger partial charge in [-0.05, 0) is 42.8 Å². The first-order chi connectivity index (χ1) is 11.0. The Hall–Kier alpha value is -1.69. The van der Waals surface area contributed by atoms with Crippen molar-refractivity contribution in [2.45, 2.75) is 12.1 Å². The van der Waals surface area contributed by atoms with Gasteiger partial charge in [0.2, 0.25) is 5.91 Å². The van der Waals surface area contributed by atoms with E-state index in [1.54, 1.807) is 18.2 Å². The molecule has 0 fully saturated rings. The van der Waals surface area contributed by atoms with Crippen LogP contribution in [-0.2, 0) is 4.79 Å². The lowest BCUT2D eigenvalue weighted by Gasteiger charge is -2.07. The number of thioether (sulfide) groups is 1. The minimum Gasteiger partial charge on any atom is -0.333 e. The number of nitrogens with one attached hydrogen (secondary N) is 2. The zero-order valence-electron chi connectivity index (χ0n) is 12.2. The van der Waals surface area contributed by atoms with Crippen LogP contribution in [0.15, 0.2) is 41.6 Å². The number of anilines is 1. The second-order valence-electron chi connectivity index (χ2n) is 5.02. The predicted molar refractivity (Wildman–Crippen MR) is 96.6 cm³/mol. The van der Waals surface area contributed by atoms with Gasteiger partial charge in [0.15, 0.2) is 5.16 Å². The number of benzene rings is 2. The van der Waals surface area contributed by atoms with Crippen molar-refractivity contribution in [1.29, 1.82) is 0 Å². The summed E-state index contributed by atoms with van der Waals surface area (Å²) in [6.45, 7) is 1.95. The number of rotatable bonds is 4. The molecule has 0 atom stereocenters. The van der Waals surface area contributed by atoms with E-state index in [1.807, 2.05) is 25.1 Å². The highest BCUT2D eigenvalue weighted by molar-refractivity contribution is 7.99. The molecule has 23 heavy (non-hydrogen) atoms. The Morgan fingerprint density at radius 3 is 2.87 bits per heavy atom. The molecule has 0 aliphatic rings. The van der Waals surface area contributed by atoms with E-state index in [0.29, 0.717) is 20.9 Å². The van der Waals surface area contributed by atoms with Crippen LogP contribution in [0.5, 0.6) is 0 Å². The van der Waals surface area contributed by atoms with Crippen LogP contribution in [0.2, 0.25) is 10.0 Å². The molecule has 2 aromatic carbocycles. The third kappa shape index (κ3) is 3.99. The van der Waals surface area contributed by atoms with E-state index in [4.69, 9.17) is 23.2 Å². The number of hydrogen-bond acceptors (Lipinski definition) is 3. The summed E-state index contributed by atoms with van der Waals surface area (Å²) in [4.78, 5) is 19.6. The Balaban J connectivity index is 1.63. The number of aromatic amines is 1. The summed E-state index contributed by atoms with van der Waals surface area (Å²) in [5.41, 5.74) is 3.32. The van der Waals surface area contributed by atoms with Crippen LogP contribution in [0, 0.1) is 6.92 Å². The molecular formula is C16H13Cl2N3OS. The lowest BCUT2D eigenvalue weighted by molar-refractivity contribution is -0.113. The summed E-state index contributed by atoms with van der Waals surface area (Å²) in [5, 5.41) is 4.64. The minimum atomic E-state index is -0.140. The molecule has 1 amide bonds. The molecule has 7 heteroatoms. The lowest BCUT2D eigenvalue weighted by Crippen LogP contribution is -2.14. The molecule has 4 nitrogen and oxygen atoms in total. The molecule has 118 valence electrons. The molecule has 0 spiro atoms. The second-order valence-corrected chi connectivity index (χ2v) is 6.83. The average molecular weight is 366 g/mol. The Kier molecular flexibility index (Phi) is 4.80. The smallest absolute Gasteiger partial charge is 0.234 e. The number of amides is 1. The Bertz CT molecular complexity index is 879. The van der Waals surface area contributed by atoms with Gasteiger partial charge in [-0.1, -0.05) is 41.0 Å². The predicted octanol–water partition coefficient (Wildman–Crippen LogP) is 4.91. The van der Waals surface area contributed by atoms with E-state index < -0.39 is 0 Å². The van der Waals surface area contributed by atoms with Gasteiger partial charge < -0.3 is 10.3 Å². The molecule has 0 aliphatic heterocycles. The van der Waals surface area contributed by atoms with Crippen molar-refractivity contribution in [2.75, 3.05) is 11.1 Å². The van der Waals surface area contributed by atoms with Gasteiger partial charge in [-0.3, -0.25) is 4.79 Å². The van der Waals surface area contributed by atoms with Gasteiger partial charge in [0.05, 0.1) is 27.5 Å². The van der Waals surface area contributed by atoms with Gasteiger partial charge in [0, 0.05) is 5.02 Å². The number of halogens is 2. The van der Waals surface area contributed by atoms with Crippen molar-refractivity contribution in [1.82, 2.24) is 9.97 Å². The number of aromatic nitrogens is 2. The molecule has 3 rings (SSSR count). The fraction of sp³-hybridized carbons (Fsp3) is 0.125. The average Bonchev–Trinajstić information content (AvgIpc) is 2.90. The number of carbonyl (C=O) groups excluding carboxylic acids is 1. The van der Waals surface area contributed by atoms with Gasteiger partial charge in [0.25, 0.3) is 0 Å². The lowest BCUT2D eigenvalue weighted by atomic mass is 10.2. The summed E-state index contributed by atoms with van der Waals surface area (Å²) in [5.74, 6) is 0.0943. The zero-order chi connectivity index (χ0) is 16.4. The van der Waals surface area contributed by atoms with Crippen LogP contribution < -0.4 is 5.32 Å². The molecule has 0 bridgehead atoms. The van der Waals surface area contributed by atoms with E-state index in [-0.39, 0.29) is 11.7 Å². The van der Waals surface area contributed by atoms with Crippen LogP contribution in [0.4, 0.5) is 5.69 Å². The van der Waals surface area contributed by atoms with Crippen LogP contribution in [0.3, 0.4) is 0 Å². The Labute approximate surface area is 147 Å². The van der Waals surface area contributed by atoms with Gasteiger partial charge in [-0.25, -0.2) is 4.98 Å². The van der Waals surface area contributed by atoms with E-state index >= 15 is 0 Å². The molecule has 2 N–H and O–H groups in total. The SMILES string of the molecule is Cc1ccc(NC(=O)CSc2nc3ccc(Cl)cc3[nH]2)c(Cl)c1. The fourth-order valence-corrected chi connectivity index (χ4v) is 3.21. The maximum atomic E-state index is 12.0. The van der Waals surface area contributed by atoms with E-state index in [2.05, 4.69) is 15.3 Å². The molecule has 0 aliphatic carbocycles. The highest BCUT2D eigenvalue weighted by Crippen LogP contribution is 2.24. The zero-order valence-corrected chi connectivity index (χ0v) is 14.5. The summed E-state index contributed by atoms with van der Waals surface area (Å²) < 4.78 is 0. The standard InChI is InChI=1S/C16H13Cl2N3OS/c1-9-2-4-12(11(18)6-9)19-15(22)8-23-16-20-13-5-3-10(17)7-14(13)21-16/h2-7H,8H2,1H3,(H,19,22)(H,20,21). The first kappa shape index (κ1) is 16.2. The van der Waals surface area contributed by atoms with Crippen molar-refractivity contribution in [3.05, 3.63) is 52.0 Å². The maximum Gasteiger partial charge on any atom is 0.234 e. The van der Waals surface area contributed by atoms with Crippen molar-refractivity contribution < 1.29 is 4.79 Å². The number of carbonyl (C=O) groups is 1. The van der Waals surface area contributed by atoms with E-state index in [9.17, 15) is 4.79 Å². The normalized spacial score (nSPS) is 10.9. The summed E-state index contributed by atoms with van der Waals surface area (Å²) in [7, 11) is 0. The highest BCUT2D eigenvalue weighted by atomic mass is 35.5. The number of fused-ring (bicyclic) bond motifs is 1. The first-order valence-electron chi connectivity index (χ1n) is 6.85. The number of aryl methyl sites for hydroxylation is 1. The molecule has 0 saturated heterocycles. The van der Waals surface area contributed by atoms with Gasteiger partial charge in [0.1, 0.15) is 0 Å². The largest absolute Gasteiger partial charge is 0.333 e. The summed E-state index contributed by atoms with van der Waals surface area (Å²) >= 11 is 13.4. The molecule has 1 aromatic heterocycles. The topological polar surface area (TPSA) is 57.8 Å². The van der Waals surface area contributed by atoms with Crippen molar-refractivity contribution in [2.24, 2.45) is 0 Å². The molecule has 0 radical (unpaired) electrons. The molecule has 0 saturated carbocycles. The number of hydrogen-bond donors (Lipinski definition) is 2. The summed E-state index contributed by atoms with van der Waals surface area (Å²) in [6.07, 6.45) is 0. The number of imidazole rings is 1. The van der Waals surface area contributed by atoms with Gasteiger partial charge in [-0.2, -0.15) is 0 Å². The van der Waals surface area contributed by atoms with Crippen molar-refractivity contribution >= 4 is 57.6 Å². The molecule has 0 unspecified atom stereocenters. The molecular weight excluding hydrogens is 353 g/mol. The molecule has 3 aromatic rings. The maximum absolute atomic E-state index is 12.0. The van der Waals surface area contributed by atoms with Gasteiger partial charge >= 0.3 is 0 Å². The highest BCUT2D eigenvalue weighted by Gasteiger charge is 2.09. The Morgan fingerprint density at radius 2 is 2.09 bits per heavy atom. The third-order valence-corrected chi connectivity index (χ3v) is 4.58. The van der Waals surface area contributed by atoms with Crippen LogP contribution in [0.25, 0.3) is 11.0 Å². The minimum absolute atomic E-state index is 0.140. The van der Waals surface area contributed by atoms with Crippen LogP contribution in [0.1, 0.15) is 5.56 Å². The molecule has 1 heterocycles. The third-order valence-electron chi connectivity index (χ3n) is 3.16. The second kappa shape index (κ2) is 6.83. The van der Waals surface area contributed by atoms with Crippen LogP contribution >= 0.6 is 35.0 Å². The van der Waals surface area contributed by atoms with E-state index in [1.165, 1.54) is 11.8 Å². The van der Waals surface area contributed by atoms with Crippen LogP contribution in [-0.4, -0.2) is 21.6 Å². The monoisotopic (exact) mass is 365 g/mol. The van der Waals surface area contributed by atoms with Crippen molar-refractivity contribution in [3.8, 4) is 0 Å². The fourth-order valence-electron chi connectivity index (χ4n) is 2.07. The Morgan fingerprint density at radius 1 is 1.26 bits per heavy atom. The first-order valence-corrected chi connectivity index (χ1v) is 8.59. The quantitative estimate of drug-likeness (QED) is 0.645. The van der Waals surface area contributed by atoms with Gasteiger partial charge in [-0.15, -0.1) is 0 Å². The summed E-state index contributed by atoms with van der Waals surface area (Å²) in [6, 6.07) is 10.9. The number of H-pyrrole nitrogens is 1. The van der Waals surface area contributed by atoms with Crippen molar-refractivity contribution in [3.63, 3.8) is 0 Å².